The van der Waals surface area contributed by atoms with Crippen molar-refractivity contribution < 1.29 is 23.1 Å². The summed E-state index contributed by atoms with van der Waals surface area (Å²) in [7, 11) is -2.58. The van der Waals surface area contributed by atoms with E-state index in [2.05, 4.69) is 0 Å². The van der Waals surface area contributed by atoms with E-state index in [-0.39, 0.29) is 16.3 Å². The first-order chi connectivity index (χ1) is 15.9. The van der Waals surface area contributed by atoms with E-state index < -0.39 is 27.5 Å². The average molecular weight is 482 g/mol. The molecule has 3 aromatic carbocycles. The summed E-state index contributed by atoms with van der Waals surface area (Å²) in [5.41, 5.74) is 1.35. The van der Waals surface area contributed by atoms with Gasteiger partial charge in [0.15, 0.2) is 5.76 Å². The molecule has 0 aromatic heterocycles. The first kappa shape index (κ1) is 22.9. The van der Waals surface area contributed by atoms with Crippen molar-refractivity contribution in [3.05, 3.63) is 101 Å². The second-order valence-electron chi connectivity index (χ2n) is 7.49. The molecule has 170 valence electrons. The number of sulfone groups is 1. The molecule has 0 saturated heterocycles. The number of rotatable bonds is 7. The zero-order valence-electron chi connectivity index (χ0n) is 18.1. The Morgan fingerprint density at radius 1 is 1.00 bits per heavy atom. The van der Waals surface area contributed by atoms with Gasteiger partial charge in [-0.15, -0.1) is 11.8 Å². The molecular weight excluding hydrogens is 458 g/mol. The van der Waals surface area contributed by atoms with Crippen LogP contribution in [0.2, 0.25) is 0 Å². The quantitative estimate of drug-likeness (QED) is 0.491. The fraction of sp³-hybridized carbons (Fsp3) is 0.160. The second kappa shape index (κ2) is 9.33. The van der Waals surface area contributed by atoms with Crippen LogP contribution >= 0.6 is 11.8 Å². The lowest BCUT2D eigenvalue weighted by Crippen LogP contribution is -2.30. The molecule has 0 spiro atoms. The highest BCUT2D eigenvalue weighted by molar-refractivity contribution is 7.98. The molecule has 1 aliphatic heterocycles. The van der Waals surface area contributed by atoms with Gasteiger partial charge in [-0.05, 0) is 53.8 Å². The summed E-state index contributed by atoms with van der Waals surface area (Å²) < 4.78 is 32.4. The van der Waals surface area contributed by atoms with Gasteiger partial charge in [0.25, 0.3) is 5.91 Å². The number of aliphatic hydroxyl groups is 1. The number of methoxy groups -OCH3 is 1. The molecule has 1 aliphatic rings. The molecule has 6 nitrogen and oxygen atoms in total. The summed E-state index contributed by atoms with van der Waals surface area (Å²) >= 11 is 1.56. The van der Waals surface area contributed by atoms with Crippen LogP contribution in [0.25, 0.3) is 0 Å². The third-order valence-corrected chi connectivity index (χ3v) is 8.15. The number of carbonyl (C=O) groups is 1. The lowest BCUT2D eigenvalue weighted by Gasteiger charge is -2.27. The van der Waals surface area contributed by atoms with Crippen LogP contribution in [0.4, 0.5) is 0 Å². The molecule has 0 fully saturated rings. The minimum atomic E-state index is -4.13. The fourth-order valence-corrected chi connectivity index (χ4v) is 5.96. The Labute approximate surface area is 197 Å². The van der Waals surface area contributed by atoms with Crippen molar-refractivity contribution in [2.75, 3.05) is 13.4 Å². The molecule has 0 aliphatic carbocycles. The van der Waals surface area contributed by atoms with Crippen LogP contribution in [0.5, 0.6) is 5.75 Å². The van der Waals surface area contributed by atoms with Gasteiger partial charge in [0.1, 0.15) is 10.7 Å². The molecule has 1 heterocycles. The molecule has 0 radical (unpaired) electrons. The number of hydrogen-bond donors (Lipinski definition) is 1. The number of ether oxygens (including phenoxy) is 1. The Morgan fingerprint density at radius 3 is 2.33 bits per heavy atom. The summed E-state index contributed by atoms with van der Waals surface area (Å²) in [6, 6.07) is 21.4. The molecule has 1 amide bonds. The van der Waals surface area contributed by atoms with Crippen LogP contribution in [0.3, 0.4) is 0 Å². The van der Waals surface area contributed by atoms with Crippen molar-refractivity contribution in [1.29, 1.82) is 0 Å². The molecule has 8 heteroatoms. The van der Waals surface area contributed by atoms with Crippen LogP contribution in [0, 0.1) is 0 Å². The minimum Gasteiger partial charge on any atom is -0.502 e. The number of aliphatic hydroxyl groups excluding tert-OH is 1. The summed E-state index contributed by atoms with van der Waals surface area (Å²) in [6.45, 7) is 0.100. The minimum absolute atomic E-state index is 0.0216. The van der Waals surface area contributed by atoms with E-state index in [1.165, 1.54) is 17.0 Å². The van der Waals surface area contributed by atoms with E-state index in [1.807, 2.05) is 24.5 Å². The monoisotopic (exact) mass is 481 g/mol. The third-order valence-electron chi connectivity index (χ3n) is 5.52. The number of nitrogens with zero attached hydrogens (tertiary/aromatic N) is 1. The molecule has 1 N–H and O–H groups in total. The Morgan fingerprint density at radius 2 is 1.70 bits per heavy atom. The van der Waals surface area contributed by atoms with E-state index in [9.17, 15) is 18.3 Å². The highest BCUT2D eigenvalue weighted by Crippen LogP contribution is 2.43. The van der Waals surface area contributed by atoms with E-state index in [0.29, 0.717) is 11.3 Å². The molecule has 1 atom stereocenters. The van der Waals surface area contributed by atoms with Gasteiger partial charge in [0.05, 0.1) is 18.0 Å². The van der Waals surface area contributed by atoms with Crippen molar-refractivity contribution in [1.82, 2.24) is 4.90 Å². The number of thioether (sulfide) groups is 1. The van der Waals surface area contributed by atoms with Crippen molar-refractivity contribution >= 4 is 27.5 Å². The maximum atomic E-state index is 13.6. The largest absolute Gasteiger partial charge is 0.502 e. The SMILES string of the molecule is COc1cccc(CN2C(=O)C(O)=C(S(=O)(=O)c3ccccc3)C2c2ccc(SC)cc2)c1. The number of hydrogen-bond acceptors (Lipinski definition) is 6. The normalized spacial score (nSPS) is 16.4. The van der Waals surface area contributed by atoms with E-state index in [4.69, 9.17) is 4.74 Å². The van der Waals surface area contributed by atoms with Gasteiger partial charge in [0.2, 0.25) is 9.84 Å². The van der Waals surface area contributed by atoms with Gasteiger partial charge >= 0.3 is 0 Å². The lowest BCUT2D eigenvalue weighted by atomic mass is 10.1. The summed E-state index contributed by atoms with van der Waals surface area (Å²) in [5, 5.41) is 10.8. The number of amides is 1. The fourth-order valence-electron chi connectivity index (χ4n) is 3.88. The van der Waals surface area contributed by atoms with Crippen LogP contribution in [0.1, 0.15) is 17.2 Å². The Balaban J connectivity index is 1.84. The van der Waals surface area contributed by atoms with Crippen LogP contribution in [0.15, 0.2) is 99.3 Å². The summed E-state index contributed by atoms with van der Waals surface area (Å²) in [6.07, 6.45) is 1.94. The van der Waals surface area contributed by atoms with Crippen molar-refractivity contribution in [3.63, 3.8) is 0 Å². The van der Waals surface area contributed by atoms with Gasteiger partial charge in [-0.1, -0.05) is 42.5 Å². The average Bonchev–Trinajstić information content (AvgIpc) is 3.10. The smallest absolute Gasteiger partial charge is 0.290 e. The molecular formula is C25H23NO5S2. The lowest BCUT2D eigenvalue weighted by molar-refractivity contribution is -0.130. The maximum Gasteiger partial charge on any atom is 0.290 e. The van der Waals surface area contributed by atoms with E-state index in [0.717, 1.165) is 10.5 Å². The van der Waals surface area contributed by atoms with Gasteiger partial charge < -0.3 is 14.7 Å². The predicted molar refractivity (Wildman–Crippen MR) is 128 cm³/mol. The molecule has 33 heavy (non-hydrogen) atoms. The number of benzene rings is 3. The zero-order valence-corrected chi connectivity index (χ0v) is 19.8. The van der Waals surface area contributed by atoms with Crippen molar-refractivity contribution in [2.24, 2.45) is 0 Å². The molecule has 1 unspecified atom stereocenters. The maximum absolute atomic E-state index is 13.6. The van der Waals surface area contributed by atoms with Crippen molar-refractivity contribution in [2.45, 2.75) is 22.4 Å². The third kappa shape index (κ3) is 4.36. The summed E-state index contributed by atoms with van der Waals surface area (Å²) in [4.78, 5) is 15.3. The number of carbonyl (C=O) groups excluding carboxylic acids is 1. The van der Waals surface area contributed by atoms with Crippen LogP contribution < -0.4 is 4.74 Å². The molecule has 0 saturated carbocycles. The van der Waals surface area contributed by atoms with E-state index in [1.54, 1.807) is 67.4 Å². The van der Waals surface area contributed by atoms with Crippen molar-refractivity contribution in [3.8, 4) is 5.75 Å². The van der Waals surface area contributed by atoms with E-state index >= 15 is 0 Å². The van der Waals surface area contributed by atoms with Crippen LogP contribution in [-0.2, 0) is 21.2 Å². The van der Waals surface area contributed by atoms with Gasteiger partial charge in [-0.3, -0.25) is 4.79 Å². The Kier molecular flexibility index (Phi) is 6.49. The molecule has 0 bridgehead atoms. The first-order valence-corrected chi connectivity index (χ1v) is 12.9. The zero-order chi connectivity index (χ0) is 23.6. The summed E-state index contributed by atoms with van der Waals surface area (Å²) in [5.74, 6) is -0.860. The Hall–Kier alpha value is -3.23. The second-order valence-corrected chi connectivity index (χ2v) is 10.3. The highest BCUT2D eigenvalue weighted by Gasteiger charge is 2.46. The molecule has 4 rings (SSSR count). The van der Waals surface area contributed by atoms with Crippen LogP contribution in [-0.4, -0.2) is 37.7 Å². The molecule has 3 aromatic rings. The first-order valence-electron chi connectivity index (χ1n) is 10.2. The van der Waals surface area contributed by atoms with Gasteiger partial charge in [-0.25, -0.2) is 8.42 Å². The van der Waals surface area contributed by atoms with Gasteiger partial charge in [-0.2, -0.15) is 0 Å². The predicted octanol–water partition coefficient (Wildman–Crippen LogP) is 4.74. The Bertz CT molecular complexity index is 1300. The van der Waals surface area contributed by atoms with Gasteiger partial charge in [0, 0.05) is 11.4 Å². The topological polar surface area (TPSA) is 83.9 Å². The highest BCUT2D eigenvalue weighted by atomic mass is 32.2. The standard InChI is InChI=1S/C25H23NO5S2/c1-31-19-8-6-7-17(15-19)16-26-22(18-11-13-20(32-2)14-12-18)24(23(27)25(26)28)33(29,30)21-9-4-3-5-10-21/h3-15,22,27H,16H2,1-2H3.